The number of aryl methyl sites for hydroxylation is 1. The lowest BCUT2D eigenvalue weighted by molar-refractivity contribution is -0.0797. The highest BCUT2D eigenvalue weighted by molar-refractivity contribution is 5.48. The molecule has 0 aliphatic carbocycles. The number of hydrogen-bond acceptors (Lipinski definition) is 6. The van der Waals surface area contributed by atoms with E-state index in [0.717, 1.165) is 22.4 Å². The fourth-order valence-electron chi connectivity index (χ4n) is 5.01. The highest BCUT2D eigenvalue weighted by Crippen LogP contribution is 2.42. The van der Waals surface area contributed by atoms with E-state index in [4.69, 9.17) is 19.9 Å². The number of hydrogen-bond donors (Lipinski definition) is 2. The molecule has 1 aliphatic rings. The Morgan fingerprint density at radius 2 is 1.53 bits per heavy atom. The molecule has 3 atom stereocenters. The van der Waals surface area contributed by atoms with Crippen LogP contribution < -0.4 is 21.7 Å². The average Bonchev–Trinajstić information content (AvgIpc) is 3.32. The molecule has 1 aliphatic heterocycles. The second-order valence-corrected chi connectivity index (χ2v) is 9.46. The third-order valence-corrected chi connectivity index (χ3v) is 7.06. The van der Waals surface area contributed by atoms with E-state index >= 15 is 0 Å². The first-order valence-electron chi connectivity index (χ1n) is 12.5. The summed E-state index contributed by atoms with van der Waals surface area (Å²) >= 11 is 0. The Morgan fingerprint density at radius 1 is 0.947 bits per heavy atom. The Morgan fingerprint density at radius 3 is 2.11 bits per heavy atom. The highest BCUT2D eigenvalue weighted by Gasteiger charge is 2.41. The second kappa shape index (κ2) is 10.8. The largest absolute Gasteiger partial charge is 0.497 e. The number of ether oxygens (including phenoxy) is 3. The third-order valence-electron chi connectivity index (χ3n) is 7.06. The van der Waals surface area contributed by atoms with Crippen molar-refractivity contribution in [1.82, 2.24) is 9.55 Å². The van der Waals surface area contributed by atoms with E-state index in [2.05, 4.69) is 4.98 Å². The molecule has 0 radical (unpaired) electrons. The number of nitrogens with zero attached hydrogens (tertiary/aromatic N) is 1. The van der Waals surface area contributed by atoms with E-state index in [9.17, 15) is 9.59 Å². The third kappa shape index (κ3) is 4.81. The summed E-state index contributed by atoms with van der Waals surface area (Å²) in [6.45, 7) is 1.82. The van der Waals surface area contributed by atoms with E-state index < -0.39 is 29.2 Å². The number of rotatable bonds is 8. The zero-order valence-electron chi connectivity index (χ0n) is 21.4. The van der Waals surface area contributed by atoms with E-state index in [0.29, 0.717) is 12.0 Å². The van der Waals surface area contributed by atoms with Gasteiger partial charge in [0.25, 0.3) is 5.56 Å². The lowest BCUT2D eigenvalue weighted by Crippen LogP contribution is -2.40. The van der Waals surface area contributed by atoms with Gasteiger partial charge in [0.2, 0.25) is 0 Å². The lowest BCUT2D eigenvalue weighted by atomic mass is 9.80. The van der Waals surface area contributed by atoms with Crippen molar-refractivity contribution in [3.8, 4) is 5.75 Å². The molecule has 8 nitrogen and oxygen atoms in total. The maximum Gasteiger partial charge on any atom is 0.330 e. The fraction of sp³-hybridized carbons (Fsp3) is 0.267. The molecule has 1 saturated heterocycles. The van der Waals surface area contributed by atoms with Crippen LogP contribution in [0, 0.1) is 6.92 Å². The monoisotopic (exact) mass is 513 g/mol. The van der Waals surface area contributed by atoms with Crippen LogP contribution in [0.15, 0.2) is 101 Å². The molecule has 3 aromatic carbocycles. The van der Waals surface area contributed by atoms with Crippen molar-refractivity contribution in [2.75, 3.05) is 13.7 Å². The number of nitrogens with two attached hydrogens (primary N) is 1. The van der Waals surface area contributed by atoms with Crippen LogP contribution in [0.1, 0.15) is 34.9 Å². The number of aromatic nitrogens is 2. The predicted molar refractivity (Wildman–Crippen MR) is 144 cm³/mol. The van der Waals surface area contributed by atoms with Gasteiger partial charge in [-0.1, -0.05) is 72.8 Å². The topological polar surface area (TPSA) is 109 Å². The van der Waals surface area contributed by atoms with Crippen molar-refractivity contribution in [1.29, 1.82) is 0 Å². The van der Waals surface area contributed by atoms with E-state index in [1.165, 1.54) is 10.8 Å². The molecule has 0 amide bonds. The quantitative estimate of drug-likeness (QED) is 0.349. The van der Waals surface area contributed by atoms with Crippen LogP contribution in [-0.2, 0) is 15.1 Å². The van der Waals surface area contributed by atoms with Crippen LogP contribution in [0.2, 0.25) is 0 Å². The Bertz CT molecular complexity index is 1440. The van der Waals surface area contributed by atoms with Gasteiger partial charge in [-0.3, -0.25) is 14.3 Å². The smallest absolute Gasteiger partial charge is 0.330 e. The summed E-state index contributed by atoms with van der Waals surface area (Å²) < 4.78 is 19.9. The molecular formula is C30H31N3O5. The summed E-state index contributed by atoms with van der Waals surface area (Å²) in [4.78, 5) is 26.6. The summed E-state index contributed by atoms with van der Waals surface area (Å²) in [6.07, 6.45) is 0.831. The number of methoxy groups -OCH3 is 1. The lowest BCUT2D eigenvalue weighted by Gasteiger charge is -2.37. The second-order valence-electron chi connectivity index (χ2n) is 9.46. The molecule has 196 valence electrons. The van der Waals surface area contributed by atoms with Crippen LogP contribution in [0.4, 0.5) is 0 Å². The molecule has 5 rings (SSSR count). The summed E-state index contributed by atoms with van der Waals surface area (Å²) in [5.41, 5.74) is 7.85. The SMILES string of the molecule is COc1ccc(C(OC[C@H]2O[C@@H](n3cc(C)c(=O)[nH]c3=O)C[C@@H]2N)(c2ccccc2)c2ccccc2)cc1. The molecule has 0 spiro atoms. The minimum Gasteiger partial charge on any atom is -0.497 e. The van der Waals surface area contributed by atoms with Crippen LogP contribution in [0.3, 0.4) is 0 Å². The van der Waals surface area contributed by atoms with Gasteiger partial charge in [0.1, 0.15) is 17.6 Å². The van der Waals surface area contributed by atoms with Gasteiger partial charge in [0.15, 0.2) is 0 Å². The van der Waals surface area contributed by atoms with Crippen molar-refractivity contribution in [2.45, 2.75) is 37.3 Å². The molecule has 2 heterocycles. The normalized spacial score (nSPS) is 19.4. The molecule has 0 unspecified atom stereocenters. The van der Waals surface area contributed by atoms with E-state index in [1.807, 2.05) is 84.9 Å². The summed E-state index contributed by atoms with van der Waals surface area (Å²) in [7, 11) is 1.64. The Kier molecular flexibility index (Phi) is 7.28. The van der Waals surface area contributed by atoms with Crippen LogP contribution in [0.5, 0.6) is 5.75 Å². The van der Waals surface area contributed by atoms with Crippen molar-refractivity contribution in [2.24, 2.45) is 5.73 Å². The molecule has 4 aromatic rings. The number of nitrogens with one attached hydrogen (secondary N) is 1. The van der Waals surface area contributed by atoms with Gasteiger partial charge in [-0.2, -0.15) is 0 Å². The van der Waals surface area contributed by atoms with Gasteiger partial charge in [-0.25, -0.2) is 4.79 Å². The summed E-state index contributed by atoms with van der Waals surface area (Å²) in [6, 6.07) is 27.5. The molecule has 3 N–H and O–H groups in total. The molecule has 1 fully saturated rings. The highest BCUT2D eigenvalue weighted by atomic mass is 16.6. The number of H-pyrrole nitrogens is 1. The van der Waals surface area contributed by atoms with Crippen molar-refractivity contribution in [3.63, 3.8) is 0 Å². The molecular weight excluding hydrogens is 482 g/mol. The van der Waals surface area contributed by atoms with Gasteiger partial charge < -0.3 is 19.9 Å². The van der Waals surface area contributed by atoms with Crippen molar-refractivity contribution >= 4 is 0 Å². The fourth-order valence-corrected chi connectivity index (χ4v) is 5.01. The predicted octanol–water partition coefficient (Wildman–Crippen LogP) is 3.48. The average molecular weight is 514 g/mol. The molecule has 0 bridgehead atoms. The Hall–Kier alpha value is -3.98. The molecule has 8 heteroatoms. The summed E-state index contributed by atoms with van der Waals surface area (Å²) in [5.74, 6) is 0.745. The van der Waals surface area contributed by atoms with Gasteiger partial charge in [-0.05, 0) is 35.7 Å². The van der Waals surface area contributed by atoms with Gasteiger partial charge >= 0.3 is 5.69 Å². The van der Waals surface area contributed by atoms with Crippen LogP contribution >= 0.6 is 0 Å². The Balaban J connectivity index is 1.52. The first-order chi connectivity index (χ1) is 18.4. The van der Waals surface area contributed by atoms with E-state index in [1.54, 1.807) is 14.0 Å². The molecule has 1 aromatic heterocycles. The zero-order chi connectivity index (χ0) is 26.7. The molecule has 38 heavy (non-hydrogen) atoms. The minimum absolute atomic E-state index is 0.171. The van der Waals surface area contributed by atoms with Crippen molar-refractivity contribution < 1.29 is 14.2 Å². The Labute approximate surface area is 220 Å². The maximum absolute atomic E-state index is 12.5. The van der Waals surface area contributed by atoms with Gasteiger partial charge in [0, 0.05) is 24.2 Å². The number of aromatic amines is 1. The summed E-state index contributed by atoms with van der Waals surface area (Å²) in [5, 5.41) is 0. The van der Waals surface area contributed by atoms with E-state index in [-0.39, 0.29) is 12.6 Å². The molecule has 0 saturated carbocycles. The van der Waals surface area contributed by atoms with Gasteiger partial charge in [0.05, 0.1) is 19.8 Å². The minimum atomic E-state index is -0.957. The zero-order valence-corrected chi connectivity index (χ0v) is 21.4. The maximum atomic E-state index is 12.5. The van der Waals surface area contributed by atoms with Gasteiger partial charge in [-0.15, -0.1) is 0 Å². The van der Waals surface area contributed by atoms with Crippen molar-refractivity contribution in [3.05, 3.63) is 134 Å². The standard InChI is InChI=1S/C30H31N3O5/c1-20-18-33(29(35)32-28(20)34)27-17-25(31)26(38-27)19-37-30(21-9-5-3-6-10-21,22-11-7-4-8-12-22)23-13-15-24(36-2)16-14-23/h3-16,18,25-27H,17,19,31H2,1-2H3,(H,32,34,35)/t25-,26+,27+/m0/s1. The number of benzene rings is 3. The first-order valence-corrected chi connectivity index (χ1v) is 12.5. The van der Waals surface area contributed by atoms with Crippen LogP contribution in [0.25, 0.3) is 0 Å². The first kappa shape index (κ1) is 25.7. The van der Waals surface area contributed by atoms with Crippen LogP contribution in [-0.4, -0.2) is 35.4 Å².